The molecule has 4 nitrogen and oxygen atoms in total. The monoisotopic (exact) mass is 912 g/mol. The molecular weight excluding hydrogens is 861 g/mol. The van der Waals surface area contributed by atoms with Gasteiger partial charge in [-0.05, 0) is 41.5 Å². The summed E-state index contributed by atoms with van der Waals surface area (Å²) >= 11 is 0. The van der Waals surface area contributed by atoms with Gasteiger partial charge in [0, 0.05) is 0 Å². The van der Waals surface area contributed by atoms with E-state index in [0.29, 0.717) is 0 Å². The normalized spacial score (nSPS) is 12.2. The molecule has 0 aromatic heterocycles. The molecule has 320 valence electrons. The van der Waals surface area contributed by atoms with Crippen LogP contribution in [0.25, 0.3) is 0 Å². The van der Waals surface area contributed by atoms with E-state index in [4.69, 9.17) is 17.7 Å². The van der Waals surface area contributed by atoms with Crippen molar-refractivity contribution in [3.8, 4) is 0 Å². The largest absolute Gasteiger partial charge is 0.376 e. The van der Waals surface area contributed by atoms with Crippen LogP contribution in [0.4, 0.5) is 0 Å². The number of hydrogen-bond donors (Lipinski definition) is 0. The van der Waals surface area contributed by atoms with Gasteiger partial charge in [-0.3, -0.25) is 0 Å². The molecule has 8 heteroatoms. The lowest BCUT2D eigenvalue weighted by molar-refractivity contribution is -0.383. The molecule has 8 aromatic carbocycles. The van der Waals surface area contributed by atoms with Crippen LogP contribution < -0.4 is 41.5 Å². The van der Waals surface area contributed by atoms with Crippen LogP contribution >= 0.6 is 0 Å². The summed E-state index contributed by atoms with van der Waals surface area (Å²) in [5.41, 5.74) is 7.81. The fourth-order valence-electron chi connectivity index (χ4n) is 8.65. The highest BCUT2D eigenvalue weighted by molar-refractivity contribution is 7.04. The Kier molecular flexibility index (Phi) is 13.9. The second-order valence-electron chi connectivity index (χ2n) is 15.6. The van der Waals surface area contributed by atoms with Crippen molar-refractivity contribution in [1.82, 2.24) is 0 Å². The molecule has 0 amide bonds. The Bertz CT molecular complexity index is 2230. The van der Waals surface area contributed by atoms with E-state index in [1.807, 2.05) is 168 Å². The van der Waals surface area contributed by atoms with Crippen LogP contribution in [0.2, 0.25) is 0 Å². The first-order valence-corrected chi connectivity index (χ1v) is 29.6. The highest BCUT2D eigenvalue weighted by Gasteiger charge is 2.61. The van der Waals surface area contributed by atoms with E-state index in [1.54, 1.807) is 0 Å². The number of benzene rings is 8. The minimum Gasteiger partial charge on any atom is -0.334 e. The molecule has 0 unspecified atom stereocenters. The molecule has 0 spiro atoms. The van der Waals surface area contributed by atoms with Gasteiger partial charge < -0.3 is 17.7 Å². The summed E-state index contributed by atoms with van der Waals surface area (Å²) in [5.74, 6) is 0. The lowest BCUT2D eigenvalue weighted by Gasteiger charge is -2.51. The molecule has 8 aromatic rings. The number of hydrogen-bond acceptors (Lipinski definition) is 4. The van der Waals surface area contributed by atoms with E-state index in [2.05, 4.69) is 123 Å². The molecule has 65 heavy (non-hydrogen) atoms. The topological polar surface area (TPSA) is 36.9 Å². The van der Waals surface area contributed by atoms with Gasteiger partial charge in [-0.1, -0.05) is 265 Å². The molecule has 0 bridgehead atoms. The van der Waals surface area contributed by atoms with Gasteiger partial charge in [0.25, 0.3) is 33.3 Å². The molecule has 0 atom stereocenters. The van der Waals surface area contributed by atoms with E-state index in [9.17, 15) is 0 Å². The van der Waals surface area contributed by atoms with Crippen molar-refractivity contribution >= 4 is 74.8 Å². The van der Waals surface area contributed by atoms with Gasteiger partial charge in [0.2, 0.25) is 0 Å². The van der Waals surface area contributed by atoms with E-state index >= 15 is 0 Å². The standard InChI is InChI=1S/C57H52O4Si4/c1-5-62(49-33-17-9-18-34-49,50-35-19-10-20-36-50)58-57(59-63(6-2,51-37-21-11-22-38-51)52-39-23-12-24-40-52,60-64(7-3,53-41-25-13-26-42-53)54-43-27-14-28-44-54)61-65(8-4,55-45-29-15-30-46-55)56-47-31-16-32-48-56/h5-48H,1-4H2. The maximum atomic E-state index is 8.26. The summed E-state index contributed by atoms with van der Waals surface area (Å²) < 4.78 is 33.1. The van der Waals surface area contributed by atoms with Crippen molar-refractivity contribution in [2.45, 2.75) is 6.16 Å². The van der Waals surface area contributed by atoms with Gasteiger partial charge in [-0.15, -0.1) is 26.3 Å². The van der Waals surface area contributed by atoms with Gasteiger partial charge in [-0.2, -0.15) is 0 Å². The van der Waals surface area contributed by atoms with Gasteiger partial charge in [0.1, 0.15) is 0 Å². The smallest absolute Gasteiger partial charge is 0.334 e. The average Bonchev–Trinajstić information content (AvgIpc) is 3.40. The molecule has 0 aliphatic heterocycles. The Hall–Kier alpha value is -6.57. The molecule has 0 heterocycles. The van der Waals surface area contributed by atoms with Gasteiger partial charge in [0.15, 0.2) is 0 Å². The van der Waals surface area contributed by atoms with Crippen LogP contribution in [0.15, 0.2) is 292 Å². The predicted octanol–water partition coefficient (Wildman–Crippen LogP) is 7.60. The van der Waals surface area contributed by atoms with Gasteiger partial charge in [-0.25, -0.2) is 0 Å². The summed E-state index contributed by atoms with van der Waals surface area (Å²) in [7, 11) is -15.0. The van der Waals surface area contributed by atoms with Crippen molar-refractivity contribution in [3.63, 3.8) is 0 Å². The van der Waals surface area contributed by atoms with E-state index < -0.39 is 39.4 Å². The molecule has 8 rings (SSSR count). The third-order valence-electron chi connectivity index (χ3n) is 11.9. The van der Waals surface area contributed by atoms with Crippen LogP contribution in [0.5, 0.6) is 0 Å². The minimum atomic E-state index is -3.75. The summed E-state index contributed by atoms with van der Waals surface area (Å²) in [6.45, 7) is 18.5. The summed E-state index contributed by atoms with van der Waals surface area (Å²) in [4.78, 5) is 0. The maximum absolute atomic E-state index is 8.26. The highest BCUT2D eigenvalue weighted by Crippen LogP contribution is 2.35. The Morgan fingerprint density at radius 2 is 0.354 bits per heavy atom. The van der Waals surface area contributed by atoms with Gasteiger partial charge >= 0.3 is 6.16 Å². The zero-order valence-corrected chi connectivity index (χ0v) is 40.4. The molecule has 0 fully saturated rings. The molecule has 0 aliphatic carbocycles. The second kappa shape index (κ2) is 20.1. The summed E-state index contributed by atoms with van der Waals surface area (Å²) in [6.07, 6.45) is -2.36. The SMILES string of the molecule is C=C[Si](OC(O[Si](C=C)(c1ccccc1)c1ccccc1)(O[Si](C=C)(c1ccccc1)c1ccccc1)O[Si](C=C)(c1ccccc1)c1ccccc1)(c1ccccc1)c1ccccc1. The van der Waals surface area contributed by atoms with Crippen molar-refractivity contribution in [3.05, 3.63) is 292 Å². The van der Waals surface area contributed by atoms with E-state index in [-0.39, 0.29) is 0 Å². The first kappa shape index (κ1) is 45.0. The molecule has 0 aliphatic rings. The van der Waals surface area contributed by atoms with Crippen molar-refractivity contribution in [2.24, 2.45) is 0 Å². The molecule has 0 N–H and O–H groups in total. The fourth-order valence-corrected chi connectivity index (χ4v) is 21.2. The molecule has 0 saturated heterocycles. The number of rotatable bonds is 20. The van der Waals surface area contributed by atoms with Crippen molar-refractivity contribution in [2.75, 3.05) is 0 Å². The third-order valence-corrected chi connectivity index (χ3v) is 26.0. The maximum Gasteiger partial charge on any atom is 0.376 e. The van der Waals surface area contributed by atoms with Crippen LogP contribution in [0.1, 0.15) is 0 Å². The summed E-state index contributed by atoms with van der Waals surface area (Å²) in [5, 5.41) is 7.35. The average molecular weight is 913 g/mol. The van der Waals surface area contributed by atoms with Crippen LogP contribution in [0.3, 0.4) is 0 Å². The minimum absolute atomic E-state index is 0.919. The molecule has 0 saturated carbocycles. The van der Waals surface area contributed by atoms with Crippen molar-refractivity contribution < 1.29 is 17.7 Å². The van der Waals surface area contributed by atoms with Gasteiger partial charge in [0.05, 0.1) is 0 Å². The Morgan fingerprint density at radius 3 is 0.462 bits per heavy atom. The quantitative estimate of drug-likeness (QED) is 0.0584. The second-order valence-corrected chi connectivity index (χ2v) is 28.5. The fraction of sp³-hybridized carbons (Fsp3) is 0.0175. The van der Waals surface area contributed by atoms with Crippen LogP contribution in [0, 0.1) is 0 Å². The Balaban J connectivity index is 1.57. The Labute approximate surface area is 388 Å². The van der Waals surface area contributed by atoms with E-state index in [1.165, 1.54) is 0 Å². The van der Waals surface area contributed by atoms with Crippen LogP contribution in [-0.2, 0) is 17.7 Å². The first-order chi connectivity index (χ1) is 31.9. The zero-order valence-electron chi connectivity index (χ0n) is 36.4. The van der Waals surface area contributed by atoms with Crippen molar-refractivity contribution in [1.29, 1.82) is 0 Å². The highest BCUT2D eigenvalue weighted by atomic mass is 28.4. The zero-order chi connectivity index (χ0) is 45.1. The summed E-state index contributed by atoms with van der Waals surface area (Å²) in [6, 6.07) is 82.0. The first-order valence-electron chi connectivity index (χ1n) is 21.7. The van der Waals surface area contributed by atoms with E-state index in [0.717, 1.165) is 41.5 Å². The van der Waals surface area contributed by atoms with Crippen LogP contribution in [-0.4, -0.2) is 39.4 Å². The lowest BCUT2D eigenvalue weighted by atomic mass is 10.4. The molecule has 0 radical (unpaired) electrons. The molecular formula is C57H52O4Si4. The predicted molar refractivity (Wildman–Crippen MR) is 279 cm³/mol. The third kappa shape index (κ3) is 8.82. The lowest BCUT2D eigenvalue weighted by Crippen LogP contribution is -2.77. The Morgan fingerprint density at radius 1 is 0.231 bits per heavy atom.